The van der Waals surface area contributed by atoms with E-state index >= 15 is 0 Å². The molecule has 0 aliphatic rings. The van der Waals surface area contributed by atoms with Crippen molar-refractivity contribution in [3.05, 3.63) is 40.1 Å². The first-order valence-corrected chi connectivity index (χ1v) is 5.42. The Labute approximate surface area is 103 Å². The predicted octanol–water partition coefficient (Wildman–Crippen LogP) is 3.09. The van der Waals surface area contributed by atoms with Crippen molar-refractivity contribution >= 4 is 17.4 Å². The van der Waals surface area contributed by atoms with Crippen LogP contribution in [0.5, 0.6) is 0 Å². The van der Waals surface area contributed by atoms with Crippen molar-refractivity contribution < 1.29 is 8.91 Å². The molecule has 0 radical (unpaired) electrons. The van der Waals surface area contributed by atoms with Crippen LogP contribution >= 0.6 is 11.6 Å². The van der Waals surface area contributed by atoms with Crippen molar-refractivity contribution in [1.29, 1.82) is 0 Å². The van der Waals surface area contributed by atoms with E-state index in [0.29, 0.717) is 12.3 Å². The van der Waals surface area contributed by atoms with Crippen LogP contribution in [0.25, 0.3) is 0 Å². The second kappa shape index (κ2) is 4.71. The van der Waals surface area contributed by atoms with Gasteiger partial charge in [-0.25, -0.2) is 9.37 Å². The lowest BCUT2D eigenvalue weighted by atomic mass is 10.2. The SMILES string of the molecule is Cc1noc(C)c1CNc1ncc(Cl)cc1F. The zero-order valence-electron chi connectivity index (χ0n) is 9.42. The predicted molar refractivity (Wildman–Crippen MR) is 62.5 cm³/mol. The number of anilines is 1. The Kier molecular flexibility index (Phi) is 3.28. The number of hydrogen-bond acceptors (Lipinski definition) is 4. The number of pyridine rings is 1. The highest BCUT2D eigenvalue weighted by Gasteiger charge is 2.10. The molecule has 0 unspecified atom stereocenters. The Bertz CT molecular complexity index is 522. The molecule has 0 spiro atoms. The fourth-order valence-corrected chi connectivity index (χ4v) is 1.62. The van der Waals surface area contributed by atoms with E-state index in [9.17, 15) is 4.39 Å². The summed E-state index contributed by atoms with van der Waals surface area (Å²) in [6.07, 6.45) is 1.39. The van der Waals surface area contributed by atoms with E-state index < -0.39 is 5.82 Å². The fraction of sp³-hybridized carbons (Fsp3) is 0.273. The van der Waals surface area contributed by atoms with Gasteiger partial charge in [-0.1, -0.05) is 16.8 Å². The summed E-state index contributed by atoms with van der Waals surface area (Å²) < 4.78 is 18.4. The van der Waals surface area contributed by atoms with Crippen molar-refractivity contribution in [3.8, 4) is 0 Å². The van der Waals surface area contributed by atoms with Crippen molar-refractivity contribution in [2.75, 3.05) is 5.32 Å². The van der Waals surface area contributed by atoms with Gasteiger partial charge in [-0.05, 0) is 19.9 Å². The number of nitrogens with zero attached hydrogens (tertiary/aromatic N) is 2. The number of nitrogens with one attached hydrogen (secondary N) is 1. The summed E-state index contributed by atoms with van der Waals surface area (Å²) in [5.41, 5.74) is 1.69. The van der Waals surface area contributed by atoms with E-state index in [2.05, 4.69) is 15.5 Å². The van der Waals surface area contributed by atoms with Crippen LogP contribution in [0.15, 0.2) is 16.8 Å². The minimum absolute atomic E-state index is 0.161. The Hall–Kier alpha value is -1.62. The Morgan fingerprint density at radius 1 is 1.47 bits per heavy atom. The molecule has 0 aromatic carbocycles. The van der Waals surface area contributed by atoms with Gasteiger partial charge in [-0.3, -0.25) is 0 Å². The highest BCUT2D eigenvalue weighted by Crippen LogP contribution is 2.18. The van der Waals surface area contributed by atoms with Gasteiger partial charge >= 0.3 is 0 Å². The van der Waals surface area contributed by atoms with E-state index in [4.69, 9.17) is 16.1 Å². The molecule has 17 heavy (non-hydrogen) atoms. The molecule has 6 heteroatoms. The first kappa shape index (κ1) is 11.9. The molecule has 0 bridgehead atoms. The first-order chi connectivity index (χ1) is 8.08. The summed E-state index contributed by atoms with van der Waals surface area (Å²) in [6.45, 7) is 4.05. The molecule has 0 atom stereocenters. The van der Waals surface area contributed by atoms with E-state index in [-0.39, 0.29) is 10.8 Å². The lowest BCUT2D eigenvalue weighted by Gasteiger charge is -2.06. The normalized spacial score (nSPS) is 10.6. The minimum atomic E-state index is -0.482. The first-order valence-electron chi connectivity index (χ1n) is 5.04. The highest BCUT2D eigenvalue weighted by atomic mass is 35.5. The number of hydrogen-bond donors (Lipinski definition) is 1. The summed E-state index contributed by atoms with van der Waals surface area (Å²) in [7, 11) is 0. The maximum absolute atomic E-state index is 13.4. The van der Waals surface area contributed by atoms with Crippen molar-refractivity contribution in [2.45, 2.75) is 20.4 Å². The van der Waals surface area contributed by atoms with Gasteiger partial charge in [0.2, 0.25) is 0 Å². The van der Waals surface area contributed by atoms with Gasteiger partial charge in [0.15, 0.2) is 11.6 Å². The average Bonchev–Trinajstić information content (AvgIpc) is 2.58. The maximum Gasteiger partial charge on any atom is 0.166 e. The summed E-state index contributed by atoms with van der Waals surface area (Å²) >= 11 is 5.61. The van der Waals surface area contributed by atoms with Gasteiger partial charge in [0.1, 0.15) is 5.76 Å². The Balaban J connectivity index is 2.13. The zero-order chi connectivity index (χ0) is 12.4. The maximum atomic E-state index is 13.4. The molecule has 2 rings (SSSR count). The molecular formula is C11H11ClFN3O. The van der Waals surface area contributed by atoms with E-state index in [1.807, 2.05) is 13.8 Å². The van der Waals surface area contributed by atoms with Crippen LogP contribution in [0.3, 0.4) is 0 Å². The molecule has 1 N–H and O–H groups in total. The second-order valence-corrected chi connectivity index (χ2v) is 4.08. The fourth-order valence-electron chi connectivity index (χ4n) is 1.47. The highest BCUT2D eigenvalue weighted by molar-refractivity contribution is 6.30. The third-order valence-corrected chi connectivity index (χ3v) is 2.63. The minimum Gasteiger partial charge on any atom is -0.363 e. The third-order valence-electron chi connectivity index (χ3n) is 2.42. The topological polar surface area (TPSA) is 51.0 Å². The van der Waals surface area contributed by atoms with Crippen LogP contribution in [0.1, 0.15) is 17.0 Å². The molecule has 0 saturated heterocycles. The van der Waals surface area contributed by atoms with Crippen molar-refractivity contribution in [2.24, 2.45) is 0 Å². The van der Waals surface area contributed by atoms with E-state index in [1.165, 1.54) is 12.3 Å². The van der Waals surface area contributed by atoms with Crippen molar-refractivity contribution in [3.63, 3.8) is 0 Å². The second-order valence-electron chi connectivity index (χ2n) is 3.64. The average molecular weight is 256 g/mol. The van der Waals surface area contributed by atoms with Crippen LogP contribution in [0, 0.1) is 19.7 Å². The molecule has 0 aliphatic heterocycles. The molecule has 0 saturated carbocycles. The Morgan fingerprint density at radius 3 is 2.82 bits per heavy atom. The molecule has 2 heterocycles. The van der Waals surface area contributed by atoms with Gasteiger partial charge in [-0.2, -0.15) is 0 Å². The van der Waals surface area contributed by atoms with Crippen LogP contribution in [-0.4, -0.2) is 10.1 Å². The van der Waals surface area contributed by atoms with Gasteiger partial charge in [0.25, 0.3) is 0 Å². The lowest BCUT2D eigenvalue weighted by Crippen LogP contribution is -2.04. The summed E-state index contributed by atoms with van der Waals surface area (Å²) in [6, 6.07) is 1.21. The largest absolute Gasteiger partial charge is 0.363 e. The number of aromatic nitrogens is 2. The summed E-state index contributed by atoms with van der Waals surface area (Å²) in [4.78, 5) is 3.87. The van der Waals surface area contributed by atoms with Crippen LogP contribution in [0.2, 0.25) is 5.02 Å². The molecule has 4 nitrogen and oxygen atoms in total. The molecule has 2 aromatic heterocycles. The van der Waals surface area contributed by atoms with Crippen molar-refractivity contribution in [1.82, 2.24) is 10.1 Å². The lowest BCUT2D eigenvalue weighted by molar-refractivity contribution is 0.392. The number of aryl methyl sites for hydroxylation is 2. The third kappa shape index (κ3) is 2.55. The van der Waals surface area contributed by atoms with Gasteiger partial charge in [-0.15, -0.1) is 0 Å². The van der Waals surface area contributed by atoms with Crippen LogP contribution in [0.4, 0.5) is 10.2 Å². The summed E-state index contributed by atoms with van der Waals surface area (Å²) in [5.74, 6) is 0.392. The molecule has 2 aromatic rings. The molecule has 0 amide bonds. The standard InChI is InChI=1S/C11H11ClFN3O/c1-6-9(7(2)17-16-6)5-15-11-10(13)3-8(12)4-14-11/h3-4H,5H2,1-2H3,(H,14,15). The quantitative estimate of drug-likeness (QED) is 0.916. The smallest absolute Gasteiger partial charge is 0.166 e. The van der Waals surface area contributed by atoms with Crippen LogP contribution in [-0.2, 0) is 6.54 Å². The van der Waals surface area contributed by atoms with E-state index in [0.717, 1.165) is 11.3 Å². The molecule has 0 aliphatic carbocycles. The number of halogens is 2. The molecular weight excluding hydrogens is 245 g/mol. The molecule has 90 valence electrons. The monoisotopic (exact) mass is 255 g/mol. The summed E-state index contributed by atoms with van der Waals surface area (Å²) in [5, 5.41) is 6.96. The van der Waals surface area contributed by atoms with Crippen LogP contribution < -0.4 is 5.32 Å². The van der Waals surface area contributed by atoms with E-state index in [1.54, 1.807) is 0 Å². The Morgan fingerprint density at radius 2 is 2.24 bits per heavy atom. The molecule has 0 fully saturated rings. The van der Waals surface area contributed by atoms with Gasteiger partial charge in [0.05, 0.1) is 10.7 Å². The number of rotatable bonds is 3. The van der Waals surface area contributed by atoms with Gasteiger partial charge < -0.3 is 9.84 Å². The zero-order valence-corrected chi connectivity index (χ0v) is 10.2. The van der Waals surface area contributed by atoms with Gasteiger partial charge in [0, 0.05) is 18.3 Å².